The predicted octanol–water partition coefficient (Wildman–Crippen LogP) is 4.66. The molecule has 1 aliphatic rings. The molecule has 0 spiro atoms. The third-order valence-electron chi connectivity index (χ3n) is 5.93. The molecule has 3 aromatic carbocycles. The number of methoxy groups -OCH3 is 1. The van der Waals surface area contributed by atoms with E-state index >= 15 is 0 Å². The summed E-state index contributed by atoms with van der Waals surface area (Å²) < 4.78 is 5.15. The number of piperazine rings is 1. The fourth-order valence-corrected chi connectivity index (χ4v) is 4.01. The van der Waals surface area contributed by atoms with Crippen LogP contribution < -0.4 is 15.0 Å². The van der Waals surface area contributed by atoms with E-state index < -0.39 is 0 Å². The van der Waals surface area contributed by atoms with Crippen LogP contribution in [0.1, 0.15) is 0 Å². The molecule has 5 rings (SSSR count). The molecule has 0 atom stereocenters. The number of benzene rings is 3. The molecule has 2 amide bonds. The Kier molecular flexibility index (Phi) is 5.76. The van der Waals surface area contributed by atoms with Gasteiger partial charge in [0.2, 0.25) is 0 Å². The van der Waals surface area contributed by atoms with Crippen LogP contribution in [-0.4, -0.2) is 54.4 Å². The van der Waals surface area contributed by atoms with Crippen LogP contribution in [0.15, 0.2) is 78.9 Å². The average molecular weight is 440 g/mol. The zero-order valence-corrected chi connectivity index (χ0v) is 18.4. The summed E-state index contributed by atoms with van der Waals surface area (Å²) in [6.07, 6.45) is 0. The molecule has 7 heteroatoms. The second kappa shape index (κ2) is 9.16. The van der Waals surface area contributed by atoms with Crippen LogP contribution in [0.3, 0.4) is 0 Å². The van der Waals surface area contributed by atoms with Crippen molar-refractivity contribution in [1.29, 1.82) is 0 Å². The molecular formula is C26H25N5O2. The Morgan fingerprint density at radius 2 is 1.61 bits per heavy atom. The maximum atomic E-state index is 12.6. The maximum absolute atomic E-state index is 12.6. The fourth-order valence-electron chi connectivity index (χ4n) is 4.01. The van der Waals surface area contributed by atoms with Gasteiger partial charge in [0.1, 0.15) is 5.75 Å². The first-order valence-corrected chi connectivity index (χ1v) is 11.0. The van der Waals surface area contributed by atoms with E-state index in [1.165, 1.54) is 10.8 Å². The van der Waals surface area contributed by atoms with Gasteiger partial charge in [0.05, 0.1) is 12.8 Å². The van der Waals surface area contributed by atoms with E-state index in [1.54, 1.807) is 7.11 Å². The van der Waals surface area contributed by atoms with Gasteiger partial charge < -0.3 is 19.9 Å². The van der Waals surface area contributed by atoms with Crippen molar-refractivity contribution in [3.63, 3.8) is 0 Å². The van der Waals surface area contributed by atoms with Crippen LogP contribution in [0.2, 0.25) is 0 Å². The molecule has 1 fully saturated rings. The summed E-state index contributed by atoms with van der Waals surface area (Å²) in [5, 5.41) is 14.3. The van der Waals surface area contributed by atoms with Gasteiger partial charge in [-0.25, -0.2) is 4.79 Å². The minimum atomic E-state index is -0.0995. The van der Waals surface area contributed by atoms with Crippen molar-refractivity contribution in [2.24, 2.45) is 0 Å². The Bertz CT molecular complexity index is 1250. The molecule has 1 N–H and O–H groups in total. The largest absolute Gasteiger partial charge is 0.497 e. The standard InChI is InChI=1S/C26H25N5O2/c1-33-23-10-8-22(9-11-23)27-26(32)31-16-14-30(15-17-31)25-13-12-24(28-29-25)21-7-6-19-4-2-3-5-20(19)18-21/h2-13,18H,14-17H2,1H3,(H,27,32). The van der Waals surface area contributed by atoms with Crippen LogP contribution in [0, 0.1) is 0 Å². The Hall–Kier alpha value is -4.13. The van der Waals surface area contributed by atoms with E-state index in [2.05, 4.69) is 50.7 Å². The highest BCUT2D eigenvalue weighted by Crippen LogP contribution is 2.24. The lowest BCUT2D eigenvalue weighted by Gasteiger charge is -2.35. The zero-order valence-electron chi connectivity index (χ0n) is 18.4. The van der Waals surface area contributed by atoms with Gasteiger partial charge in [-0.05, 0) is 53.2 Å². The van der Waals surface area contributed by atoms with Crippen molar-refractivity contribution in [2.45, 2.75) is 0 Å². The monoisotopic (exact) mass is 439 g/mol. The van der Waals surface area contributed by atoms with Crippen molar-refractivity contribution < 1.29 is 9.53 Å². The topological polar surface area (TPSA) is 70.6 Å². The molecule has 1 saturated heterocycles. The summed E-state index contributed by atoms with van der Waals surface area (Å²) in [7, 11) is 1.62. The van der Waals surface area contributed by atoms with Crippen molar-refractivity contribution in [3.05, 3.63) is 78.9 Å². The second-order valence-corrected chi connectivity index (χ2v) is 7.97. The number of anilines is 2. The van der Waals surface area contributed by atoms with Gasteiger partial charge in [-0.1, -0.05) is 36.4 Å². The van der Waals surface area contributed by atoms with Crippen LogP contribution in [0.5, 0.6) is 5.75 Å². The number of rotatable bonds is 4. The summed E-state index contributed by atoms with van der Waals surface area (Å²) in [6.45, 7) is 2.66. The number of hydrogen-bond donors (Lipinski definition) is 1. The number of fused-ring (bicyclic) bond motifs is 1. The highest BCUT2D eigenvalue weighted by atomic mass is 16.5. The summed E-state index contributed by atoms with van der Waals surface area (Å²) in [5.41, 5.74) is 2.65. The lowest BCUT2D eigenvalue weighted by atomic mass is 10.1. The summed E-state index contributed by atoms with van der Waals surface area (Å²) in [5.74, 6) is 1.59. The first-order valence-electron chi connectivity index (χ1n) is 11.0. The van der Waals surface area contributed by atoms with Crippen molar-refractivity contribution in [2.75, 3.05) is 43.5 Å². The van der Waals surface area contributed by atoms with Crippen molar-refractivity contribution in [3.8, 4) is 17.0 Å². The normalized spacial score (nSPS) is 13.7. The Morgan fingerprint density at radius 3 is 2.30 bits per heavy atom. The minimum Gasteiger partial charge on any atom is -0.497 e. The summed E-state index contributed by atoms with van der Waals surface area (Å²) in [6, 6.07) is 25.8. The molecule has 0 aliphatic carbocycles. The van der Waals surface area contributed by atoms with Gasteiger partial charge in [-0.2, -0.15) is 0 Å². The minimum absolute atomic E-state index is 0.0995. The number of aromatic nitrogens is 2. The van der Waals surface area contributed by atoms with E-state index in [-0.39, 0.29) is 6.03 Å². The van der Waals surface area contributed by atoms with Crippen molar-refractivity contribution in [1.82, 2.24) is 15.1 Å². The molecule has 2 heterocycles. The van der Waals surface area contributed by atoms with E-state index in [0.717, 1.165) is 28.5 Å². The fraction of sp³-hybridized carbons (Fsp3) is 0.192. The third kappa shape index (κ3) is 4.57. The van der Waals surface area contributed by atoms with Gasteiger partial charge in [-0.3, -0.25) is 0 Å². The second-order valence-electron chi connectivity index (χ2n) is 7.97. The lowest BCUT2D eigenvalue weighted by Crippen LogP contribution is -2.50. The first kappa shape index (κ1) is 20.8. The first-order chi connectivity index (χ1) is 16.2. The molecule has 1 aromatic heterocycles. The van der Waals surface area contributed by atoms with Crippen LogP contribution in [0.4, 0.5) is 16.3 Å². The van der Waals surface area contributed by atoms with Gasteiger partial charge in [0.15, 0.2) is 5.82 Å². The van der Waals surface area contributed by atoms with E-state index in [1.807, 2.05) is 53.4 Å². The van der Waals surface area contributed by atoms with Crippen molar-refractivity contribution >= 4 is 28.3 Å². The van der Waals surface area contributed by atoms with Crippen LogP contribution in [-0.2, 0) is 0 Å². The summed E-state index contributed by atoms with van der Waals surface area (Å²) in [4.78, 5) is 16.6. The molecule has 7 nitrogen and oxygen atoms in total. The number of nitrogens with zero attached hydrogens (tertiary/aromatic N) is 4. The Morgan fingerprint density at radius 1 is 0.848 bits per heavy atom. The highest BCUT2D eigenvalue weighted by Gasteiger charge is 2.22. The highest BCUT2D eigenvalue weighted by molar-refractivity contribution is 5.89. The SMILES string of the molecule is COc1ccc(NC(=O)N2CCN(c3ccc(-c4ccc5ccccc5c4)nn3)CC2)cc1. The third-order valence-corrected chi connectivity index (χ3v) is 5.93. The lowest BCUT2D eigenvalue weighted by molar-refractivity contribution is 0.208. The van der Waals surface area contributed by atoms with Gasteiger partial charge >= 0.3 is 6.03 Å². The molecule has 1 aliphatic heterocycles. The maximum Gasteiger partial charge on any atom is 0.321 e. The van der Waals surface area contributed by atoms with Gasteiger partial charge in [0, 0.05) is 37.4 Å². The number of carbonyl (C=O) groups is 1. The molecule has 0 radical (unpaired) electrons. The van der Waals surface area contributed by atoms with Crippen LogP contribution in [0.25, 0.3) is 22.0 Å². The predicted molar refractivity (Wildman–Crippen MR) is 131 cm³/mol. The Balaban J connectivity index is 1.19. The zero-order chi connectivity index (χ0) is 22.6. The van der Waals surface area contributed by atoms with Gasteiger partial charge in [0.25, 0.3) is 0 Å². The smallest absolute Gasteiger partial charge is 0.321 e. The average Bonchev–Trinajstić information content (AvgIpc) is 2.89. The molecule has 0 unspecified atom stereocenters. The Labute approximate surface area is 192 Å². The molecule has 4 aromatic rings. The molecule has 0 saturated carbocycles. The van der Waals surface area contributed by atoms with Gasteiger partial charge in [-0.15, -0.1) is 10.2 Å². The number of carbonyl (C=O) groups excluding carboxylic acids is 1. The number of nitrogens with one attached hydrogen (secondary N) is 1. The number of ether oxygens (including phenoxy) is 1. The van der Waals surface area contributed by atoms with E-state index in [4.69, 9.17) is 4.74 Å². The number of hydrogen-bond acceptors (Lipinski definition) is 5. The van der Waals surface area contributed by atoms with Crippen LogP contribution >= 0.6 is 0 Å². The number of amides is 2. The quantitative estimate of drug-likeness (QED) is 0.501. The molecule has 166 valence electrons. The molecular weight excluding hydrogens is 414 g/mol. The summed E-state index contributed by atoms with van der Waals surface area (Å²) >= 11 is 0. The molecule has 33 heavy (non-hydrogen) atoms. The van der Waals surface area contributed by atoms with E-state index in [9.17, 15) is 4.79 Å². The van der Waals surface area contributed by atoms with E-state index in [0.29, 0.717) is 26.2 Å². The number of urea groups is 1. The molecule has 0 bridgehead atoms.